The second-order valence-corrected chi connectivity index (χ2v) is 6.26. The summed E-state index contributed by atoms with van der Waals surface area (Å²) >= 11 is 6.12. The van der Waals surface area contributed by atoms with Crippen LogP contribution in [0.4, 0.5) is 0 Å². The molecule has 1 saturated heterocycles. The SMILES string of the molecule is CN1CCOCC1C(=O)NC(c1cccc(Cl)c1)c1ccccn1. The van der Waals surface area contributed by atoms with E-state index in [1.54, 1.807) is 6.20 Å². The Hall–Kier alpha value is -1.95. The number of ether oxygens (including phenoxy) is 1. The lowest BCUT2D eigenvalue weighted by Gasteiger charge is -2.32. The van der Waals surface area contributed by atoms with Gasteiger partial charge in [0.1, 0.15) is 6.04 Å². The Morgan fingerprint density at radius 2 is 2.25 bits per heavy atom. The molecule has 1 aromatic heterocycles. The van der Waals surface area contributed by atoms with E-state index in [1.807, 2.05) is 54.4 Å². The standard InChI is InChI=1S/C18H20ClN3O2/c1-22-9-10-24-12-16(22)18(23)21-17(15-7-2-3-8-20-15)13-5-4-6-14(19)11-13/h2-8,11,16-17H,9-10,12H2,1H3,(H,21,23). The Morgan fingerprint density at radius 3 is 2.96 bits per heavy atom. The number of nitrogens with zero attached hydrogens (tertiary/aromatic N) is 2. The number of carbonyl (C=O) groups is 1. The van der Waals surface area contributed by atoms with E-state index in [-0.39, 0.29) is 18.0 Å². The second kappa shape index (κ2) is 7.75. The molecule has 1 amide bonds. The maximum atomic E-state index is 12.8. The fourth-order valence-corrected chi connectivity index (χ4v) is 2.96. The van der Waals surface area contributed by atoms with E-state index in [1.165, 1.54) is 0 Å². The van der Waals surface area contributed by atoms with E-state index < -0.39 is 0 Å². The van der Waals surface area contributed by atoms with Crippen molar-refractivity contribution in [2.24, 2.45) is 0 Å². The summed E-state index contributed by atoms with van der Waals surface area (Å²) in [5.41, 5.74) is 1.67. The summed E-state index contributed by atoms with van der Waals surface area (Å²) in [6, 6.07) is 12.5. The summed E-state index contributed by atoms with van der Waals surface area (Å²) in [7, 11) is 1.93. The van der Waals surface area contributed by atoms with Gasteiger partial charge in [0.25, 0.3) is 0 Å². The zero-order valence-corrected chi connectivity index (χ0v) is 14.2. The van der Waals surface area contributed by atoms with Crippen LogP contribution >= 0.6 is 11.6 Å². The Balaban J connectivity index is 1.86. The second-order valence-electron chi connectivity index (χ2n) is 5.82. The van der Waals surface area contributed by atoms with Gasteiger partial charge in [0.2, 0.25) is 5.91 Å². The lowest BCUT2D eigenvalue weighted by atomic mass is 10.0. The molecular formula is C18H20ClN3O2. The number of hydrogen-bond donors (Lipinski definition) is 1. The highest BCUT2D eigenvalue weighted by molar-refractivity contribution is 6.30. The first-order chi connectivity index (χ1) is 11.6. The molecule has 0 aliphatic carbocycles. The quantitative estimate of drug-likeness (QED) is 0.923. The first kappa shape index (κ1) is 16.9. The van der Waals surface area contributed by atoms with Crippen molar-refractivity contribution < 1.29 is 9.53 Å². The van der Waals surface area contributed by atoms with Gasteiger partial charge in [0, 0.05) is 17.8 Å². The molecule has 6 heteroatoms. The summed E-state index contributed by atoms with van der Waals surface area (Å²) in [5.74, 6) is -0.0761. The number of pyridine rings is 1. The van der Waals surface area contributed by atoms with Gasteiger partial charge in [-0.05, 0) is 36.9 Å². The van der Waals surface area contributed by atoms with Gasteiger partial charge < -0.3 is 10.1 Å². The van der Waals surface area contributed by atoms with E-state index >= 15 is 0 Å². The molecule has 1 N–H and O–H groups in total. The van der Waals surface area contributed by atoms with Gasteiger partial charge in [0.15, 0.2) is 0 Å². The van der Waals surface area contributed by atoms with Gasteiger partial charge >= 0.3 is 0 Å². The first-order valence-corrected chi connectivity index (χ1v) is 8.27. The molecule has 2 unspecified atom stereocenters. The summed E-state index contributed by atoms with van der Waals surface area (Å²) < 4.78 is 5.45. The van der Waals surface area contributed by atoms with E-state index in [0.717, 1.165) is 17.8 Å². The molecule has 24 heavy (non-hydrogen) atoms. The van der Waals surface area contributed by atoms with Crippen LogP contribution in [0.15, 0.2) is 48.7 Å². The van der Waals surface area contributed by atoms with Crippen LogP contribution in [0, 0.1) is 0 Å². The highest BCUT2D eigenvalue weighted by atomic mass is 35.5. The Morgan fingerprint density at radius 1 is 1.38 bits per heavy atom. The van der Waals surface area contributed by atoms with Gasteiger partial charge in [-0.3, -0.25) is 14.7 Å². The number of benzene rings is 1. The van der Waals surface area contributed by atoms with Crippen LogP contribution in [0.1, 0.15) is 17.3 Å². The smallest absolute Gasteiger partial charge is 0.240 e. The number of amides is 1. The molecule has 1 aliphatic heterocycles. The number of aromatic nitrogens is 1. The molecule has 5 nitrogen and oxygen atoms in total. The maximum Gasteiger partial charge on any atom is 0.240 e. The molecular weight excluding hydrogens is 326 g/mol. The minimum absolute atomic E-state index is 0.0761. The van der Waals surface area contributed by atoms with Crippen molar-refractivity contribution in [2.75, 3.05) is 26.8 Å². The van der Waals surface area contributed by atoms with Gasteiger partial charge in [-0.15, -0.1) is 0 Å². The van der Waals surface area contributed by atoms with Crippen molar-refractivity contribution in [3.05, 3.63) is 64.9 Å². The third-order valence-corrected chi connectivity index (χ3v) is 4.39. The number of carbonyl (C=O) groups excluding carboxylic acids is 1. The number of nitrogens with one attached hydrogen (secondary N) is 1. The van der Waals surface area contributed by atoms with Gasteiger partial charge in [-0.1, -0.05) is 29.8 Å². The summed E-state index contributed by atoms with van der Waals surface area (Å²) in [4.78, 5) is 19.2. The highest BCUT2D eigenvalue weighted by Crippen LogP contribution is 2.23. The van der Waals surface area contributed by atoms with Crippen LogP contribution in [-0.4, -0.2) is 48.6 Å². The van der Waals surface area contributed by atoms with Crippen molar-refractivity contribution >= 4 is 17.5 Å². The largest absolute Gasteiger partial charge is 0.378 e. The molecule has 2 atom stereocenters. The van der Waals surface area contributed by atoms with Crippen molar-refractivity contribution in [3.63, 3.8) is 0 Å². The van der Waals surface area contributed by atoms with Crippen LogP contribution < -0.4 is 5.32 Å². The average Bonchev–Trinajstić information content (AvgIpc) is 2.60. The zero-order valence-electron chi connectivity index (χ0n) is 13.5. The minimum Gasteiger partial charge on any atom is -0.378 e. The zero-order chi connectivity index (χ0) is 16.9. The van der Waals surface area contributed by atoms with Crippen molar-refractivity contribution in [3.8, 4) is 0 Å². The topological polar surface area (TPSA) is 54.5 Å². The van der Waals surface area contributed by atoms with Gasteiger partial charge in [-0.2, -0.15) is 0 Å². The molecule has 0 bridgehead atoms. The van der Waals surface area contributed by atoms with Crippen molar-refractivity contribution in [1.82, 2.24) is 15.2 Å². The highest BCUT2D eigenvalue weighted by Gasteiger charge is 2.29. The number of rotatable bonds is 4. The Kier molecular flexibility index (Phi) is 5.45. The Bertz CT molecular complexity index is 696. The predicted molar refractivity (Wildman–Crippen MR) is 92.9 cm³/mol. The van der Waals surface area contributed by atoms with Gasteiger partial charge in [0.05, 0.1) is 24.9 Å². The molecule has 1 aliphatic rings. The van der Waals surface area contributed by atoms with E-state index in [9.17, 15) is 4.79 Å². The fraction of sp³-hybridized carbons (Fsp3) is 0.333. The van der Waals surface area contributed by atoms with Crippen molar-refractivity contribution in [1.29, 1.82) is 0 Å². The molecule has 2 heterocycles. The summed E-state index contributed by atoms with van der Waals surface area (Å²) in [6.45, 7) is 1.79. The van der Waals surface area contributed by atoms with Crippen molar-refractivity contribution in [2.45, 2.75) is 12.1 Å². The van der Waals surface area contributed by atoms with Crippen LogP contribution in [-0.2, 0) is 9.53 Å². The van der Waals surface area contributed by atoms with E-state index in [4.69, 9.17) is 16.3 Å². The molecule has 1 fully saturated rings. The molecule has 2 aromatic rings. The van der Waals surface area contributed by atoms with Crippen LogP contribution in [0.5, 0.6) is 0 Å². The molecule has 1 aromatic carbocycles. The lowest BCUT2D eigenvalue weighted by Crippen LogP contribution is -2.52. The third-order valence-electron chi connectivity index (χ3n) is 4.15. The molecule has 126 valence electrons. The van der Waals surface area contributed by atoms with E-state index in [0.29, 0.717) is 18.2 Å². The predicted octanol–water partition coefficient (Wildman–Crippen LogP) is 2.27. The summed E-state index contributed by atoms with van der Waals surface area (Å²) in [6.07, 6.45) is 1.72. The van der Waals surface area contributed by atoms with Crippen LogP contribution in [0.2, 0.25) is 5.02 Å². The summed E-state index contributed by atoms with van der Waals surface area (Å²) in [5, 5.41) is 3.72. The van der Waals surface area contributed by atoms with Crippen LogP contribution in [0.25, 0.3) is 0 Å². The third kappa shape index (κ3) is 3.93. The average molecular weight is 346 g/mol. The normalized spacial score (nSPS) is 19.7. The minimum atomic E-state index is -0.354. The molecule has 0 spiro atoms. The van der Waals surface area contributed by atoms with E-state index in [2.05, 4.69) is 10.3 Å². The first-order valence-electron chi connectivity index (χ1n) is 7.90. The molecule has 3 rings (SSSR count). The molecule has 0 saturated carbocycles. The maximum absolute atomic E-state index is 12.8. The number of morpholine rings is 1. The monoisotopic (exact) mass is 345 g/mol. The van der Waals surface area contributed by atoms with Crippen LogP contribution in [0.3, 0.4) is 0 Å². The number of likely N-dealkylation sites (N-methyl/N-ethyl adjacent to an activating group) is 1. The lowest BCUT2D eigenvalue weighted by molar-refractivity contribution is -0.131. The molecule has 0 radical (unpaired) electrons. The fourth-order valence-electron chi connectivity index (χ4n) is 2.76. The Labute approximate surface area is 146 Å². The number of hydrogen-bond acceptors (Lipinski definition) is 4. The van der Waals surface area contributed by atoms with Gasteiger partial charge in [-0.25, -0.2) is 0 Å². The number of halogens is 1.